The number of oxime groups is 1. The van der Waals surface area contributed by atoms with Crippen LogP contribution >= 0.6 is 0 Å². The van der Waals surface area contributed by atoms with Gasteiger partial charge in [0.2, 0.25) is 0 Å². The van der Waals surface area contributed by atoms with E-state index in [0.29, 0.717) is 5.92 Å². The van der Waals surface area contributed by atoms with Gasteiger partial charge in [-0.25, -0.2) is 4.79 Å². The number of carbonyl (C=O) groups is 1. The summed E-state index contributed by atoms with van der Waals surface area (Å²) in [5.74, 6) is 0.440. The smallest absolute Gasteiger partial charge is 0.405 e. The first-order valence-corrected chi connectivity index (χ1v) is 6.93. The van der Waals surface area contributed by atoms with E-state index in [1.807, 2.05) is 0 Å². The molecule has 5 rings (SSSR count). The Labute approximate surface area is 110 Å². The van der Waals surface area contributed by atoms with Crippen LogP contribution in [0.2, 0.25) is 0 Å². The van der Waals surface area contributed by atoms with Crippen LogP contribution in [0.25, 0.3) is 0 Å². The summed E-state index contributed by atoms with van der Waals surface area (Å²) < 4.78 is 0. The minimum Gasteiger partial charge on any atom is -0.465 e. The van der Waals surface area contributed by atoms with Crippen molar-refractivity contribution in [3.63, 3.8) is 0 Å². The summed E-state index contributed by atoms with van der Waals surface area (Å²) in [6.07, 6.45) is 4.17. The van der Waals surface area contributed by atoms with Crippen molar-refractivity contribution < 1.29 is 19.8 Å². The Morgan fingerprint density at radius 3 is 2.63 bits per heavy atom. The number of nitrogens with zero attached hydrogens (tertiary/aromatic N) is 1. The molecule has 6 heteroatoms. The summed E-state index contributed by atoms with van der Waals surface area (Å²) in [6.45, 7) is 0. The van der Waals surface area contributed by atoms with E-state index >= 15 is 0 Å². The minimum atomic E-state index is -0.931. The van der Waals surface area contributed by atoms with E-state index in [9.17, 15) is 9.90 Å². The predicted molar refractivity (Wildman–Crippen MR) is 65.8 cm³/mol. The second kappa shape index (κ2) is 3.42. The number of aliphatic hydroxyl groups excluding tert-OH is 1. The van der Waals surface area contributed by atoms with E-state index in [-0.39, 0.29) is 23.2 Å². The third-order valence-electron chi connectivity index (χ3n) is 5.38. The van der Waals surface area contributed by atoms with Gasteiger partial charge in [-0.1, -0.05) is 5.16 Å². The molecule has 0 spiro atoms. The maximum Gasteiger partial charge on any atom is 0.405 e. The first kappa shape index (κ1) is 11.5. The van der Waals surface area contributed by atoms with Crippen molar-refractivity contribution in [3.8, 4) is 0 Å². The topological polar surface area (TPSA) is 91.2 Å². The number of carboxylic acid groups (broad SMARTS) is 1. The van der Waals surface area contributed by atoms with E-state index < -0.39 is 6.09 Å². The number of rotatable bonds is 3. The molecule has 3 N–H and O–H groups in total. The van der Waals surface area contributed by atoms with Crippen molar-refractivity contribution in [1.82, 2.24) is 5.32 Å². The lowest BCUT2D eigenvalue weighted by atomic mass is 9.37. The molecule has 0 aromatic heterocycles. The van der Waals surface area contributed by atoms with Gasteiger partial charge in [0.25, 0.3) is 0 Å². The molecule has 1 aliphatic heterocycles. The molecule has 4 aliphatic carbocycles. The molecule has 5 aliphatic rings. The summed E-state index contributed by atoms with van der Waals surface area (Å²) in [6, 6.07) is 0. The molecule has 19 heavy (non-hydrogen) atoms. The van der Waals surface area contributed by atoms with Gasteiger partial charge in [0.1, 0.15) is 6.10 Å². The Kier molecular flexibility index (Phi) is 2.07. The number of hydrogen-bond acceptors (Lipinski definition) is 4. The molecule has 4 saturated carbocycles. The fourth-order valence-corrected chi connectivity index (χ4v) is 4.35. The third kappa shape index (κ3) is 1.52. The van der Waals surface area contributed by atoms with Gasteiger partial charge in [-0.3, -0.25) is 0 Å². The van der Waals surface area contributed by atoms with Crippen LogP contribution in [-0.4, -0.2) is 39.8 Å². The normalized spacial score (nSPS) is 50.2. The first-order valence-electron chi connectivity index (χ1n) is 6.93. The summed E-state index contributed by atoms with van der Waals surface area (Å²) in [5.41, 5.74) is 1.05. The molecular weight excluding hydrogens is 248 g/mol. The second-order valence-corrected chi connectivity index (χ2v) is 6.79. The van der Waals surface area contributed by atoms with Crippen LogP contribution in [0, 0.1) is 11.3 Å². The van der Waals surface area contributed by atoms with Crippen LogP contribution in [0.4, 0.5) is 4.79 Å². The Morgan fingerprint density at radius 2 is 2.05 bits per heavy atom. The molecule has 0 aromatic carbocycles. The average molecular weight is 266 g/mol. The zero-order chi connectivity index (χ0) is 13.3. The van der Waals surface area contributed by atoms with Gasteiger partial charge in [0.15, 0.2) is 0 Å². The highest BCUT2D eigenvalue weighted by atomic mass is 16.6. The maximum atomic E-state index is 10.7. The molecular formula is C13H18N2O4. The highest BCUT2D eigenvalue weighted by Gasteiger charge is 2.71. The van der Waals surface area contributed by atoms with Crippen LogP contribution in [-0.2, 0) is 4.84 Å². The standard InChI is InChI=1S/C13H18N2O4/c16-8-1-7(2-8)9-3-10(15-19-9)12-4-13(5-12,6-12)14-11(17)18/h7-9,14,16H,1-6H2,(H,17,18)/t7-,8+,9?,12?,13?. The van der Waals surface area contributed by atoms with Crippen LogP contribution in [0.5, 0.6) is 0 Å². The SMILES string of the molecule is O=C(O)NC12CC(C3=NOC([C@H]4C[C@@H](O)C4)C3)(C1)C2. The zero-order valence-corrected chi connectivity index (χ0v) is 10.6. The number of aliphatic hydroxyl groups is 1. The largest absolute Gasteiger partial charge is 0.465 e. The molecule has 0 aromatic rings. The lowest BCUT2D eigenvalue weighted by Crippen LogP contribution is -2.76. The summed E-state index contributed by atoms with van der Waals surface area (Å²) in [4.78, 5) is 16.2. The maximum absolute atomic E-state index is 10.7. The molecule has 1 amide bonds. The van der Waals surface area contributed by atoms with Crippen molar-refractivity contribution >= 4 is 11.8 Å². The number of nitrogens with one attached hydrogen (secondary N) is 1. The van der Waals surface area contributed by atoms with Gasteiger partial charge in [0.05, 0.1) is 11.8 Å². The quantitative estimate of drug-likeness (QED) is 0.713. The zero-order valence-electron chi connectivity index (χ0n) is 10.6. The van der Waals surface area contributed by atoms with Crippen molar-refractivity contribution in [3.05, 3.63) is 0 Å². The number of hydrogen-bond donors (Lipinski definition) is 3. The second-order valence-electron chi connectivity index (χ2n) is 6.79. The van der Waals surface area contributed by atoms with Crippen molar-refractivity contribution in [2.24, 2.45) is 16.5 Å². The van der Waals surface area contributed by atoms with Crippen molar-refractivity contribution in [1.29, 1.82) is 0 Å². The third-order valence-corrected chi connectivity index (χ3v) is 5.38. The Bertz CT molecular complexity index is 449. The first-order chi connectivity index (χ1) is 9.00. The molecule has 1 unspecified atom stereocenters. The predicted octanol–water partition coefficient (Wildman–Crippen LogP) is 1.09. The highest BCUT2D eigenvalue weighted by molar-refractivity contribution is 5.95. The van der Waals surface area contributed by atoms with Crippen molar-refractivity contribution in [2.45, 2.75) is 56.3 Å². The van der Waals surface area contributed by atoms with Gasteiger partial charge < -0.3 is 20.4 Å². The van der Waals surface area contributed by atoms with Crippen LogP contribution in [0.1, 0.15) is 38.5 Å². The summed E-state index contributed by atoms with van der Waals surface area (Å²) in [5, 5.41) is 25.0. The van der Waals surface area contributed by atoms with E-state index in [1.165, 1.54) is 0 Å². The van der Waals surface area contributed by atoms with E-state index in [4.69, 9.17) is 9.94 Å². The summed E-state index contributed by atoms with van der Waals surface area (Å²) >= 11 is 0. The minimum absolute atomic E-state index is 0.111. The van der Waals surface area contributed by atoms with Crippen molar-refractivity contribution in [2.75, 3.05) is 0 Å². The van der Waals surface area contributed by atoms with Crippen LogP contribution in [0.15, 0.2) is 5.16 Å². The van der Waals surface area contributed by atoms with E-state index in [0.717, 1.165) is 44.2 Å². The van der Waals surface area contributed by atoms with E-state index in [1.54, 1.807) is 0 Å². The van der Waals surface area contributed by atoms with E-state index in [2.05, 4.69) is 10.5 Å². The molecule has 0 radical (unpaired) electrons. The molecule has 1 atom stereocenters. The molecule has 0 saturated heterocycles. The molecule has 2 bridgehead atoms. The number of amides is 1. The Hall–Kier alpha value is -1.30. The van der Waals surface area contributed by atoms with Gasteiger partial charge in [0, 0.05) is 23.3 Å². The van der Waals surface area contributed by atoms with Gasteiger partial charge in [-0.05, 0) is 32.1 Å². The molecule has 104 valence electrons. The van der Waals surface area contributed by atoms with Gasteiger partial charge in [-0.2, -0.15) is 0 Å². The average Bonchev–Trinajstić information content (AvgIpc) is 2.65. The van der Waals surface area contributed by atoms with Crippen LogP contribution < -0.4 is 5.32 Å². The fraction of sp³-hybridized carbons (Fsp3) is 0.846. The van der Waals surface area contributed by atoms with Gasteiger partial charge >= 0.3 is 6.09 Å². The Morgan fingerprint density at radius 1 is 1.37 bits per heavy atom. The lowest BCUT2D eigenvalue weighted by molar-refractivity contribution is -0.0951. The molecule has 6 nitrogen and oxygen atoms in total. The molecule has 4 fully saturated rings. The monoisotopic (exact) mass is 266 g/mol. The van der Waals surface area contributed by atoms with Crippen LogP contribution in [0.3, 0.4) is 0 Å². The molecule has 1 heterocycles. The highest BCUT2D eigenvalue weighted by Crippen LogP contribution is 2.68. The van der Waals surface area contributed by atoms with Gasteiger partial charge in [-0.15, -0.1) is 0 Å². The summed E-state index contributed by atoms with van der Waals surface area (Å²) in [7, 11) is 0. The fourth-order valence-electron chi connectivity index (χ4n) is 4.35. The Balaban J connectivity index is 1.33. The lowest BCUT2D eigenvalue weighted by Gasteiger charge is -2.69.